The van der Waals surface area contributed by atoms with E-state index in [9.17, 15) is 18.0 Å². The highest BCUT2D eigenvalue weighted by Crippen LogP contribution is 2.28. The molecule has 1 heterocycles. The van der Waals surface area contributed by atoms with Crippen LogP contribution >= 0.6 is 0 Å². The average molecular weight is 382 g/mol. The number of anilines is 1. The van der Waals surface area contributed by atoms with Crippen molar-refractivity contribution in [3.63, 3.8) is 0 Å². The maximum atomic E-state index is 12.1. The van der Waals surface area contributed by atoms with E-state index in [1.165, 1.54) is 12.1 Å². The Morgan fingerprint density at radius 1 is 1.15 bits per heavy atom. The molecule has 3 rings (SSSR count). The van der Waals surface area contributed by atoms with Crippen LogP contribution in [0.1, 0.15) is 5.56 Å². The predicted octanol–water partition coefficient (Wildman–Crippen LogP) is 3.72. The van der Waals surface area contributed by atoms with Crippen LogP contribution in [0.2, 0.25) is 0 Å². The number of urea groups is 1. The summed E-state index contributed by atoms with van der Waals surface area (Å²) in [5.41, 5.74) is 1.25. The molecule has 2 amide bonds. The van der Waals surface area contributed by atoms with Gasteiger partial charge in [-0.2, -0.15) is 0 Å². The lowest BCUT2D eigenvalue weighted by Crippen LogP contribution is -2.44. The van der Waals surface area contributed by atoms with Crippen molar-refractivity contribution in [1.82, 2.24) is 5.32 Å². The molecule has 6 nitrogen and oxygen atoms in total. The third-order valence-corrected chi connectivity index (χ3v) is 3.85. The average Bonchev–Trinajstić information content (AvgIpc) is 2.61. The largest absolute Gasteiger partial charge is 0.573 e. The molecular formula is C18H17F3N2O4. The third kappa shape index (κ3) is 5.19. The molecule has 144 valence electrons. The number of rotatable bonds is 4. The SMILES string of the molecule is COc1ccc2c(c1)C[C@@H](NC(=O)Nc1ccc(OC(F)(F)F)cc1)CO2. The first kappa shape index (κ1) is 18.7. The first-order valence-corrected chi connectivity index (χ1v) is 8.05. The third-order valence-electron chi connectivity index (χ3n) is 3.85. The Kier molecular flexibility index (Phi) is 5.29. The fourth-order valence-electron chi connectivity index (χ4n) is 2.68. The standard InChI is InChI=1S/C18H17F3N2O4/c1-25-15-6-7-16-11(9-15)8-13(10-26-16)23-17(24)22-12-2-4-14(5-3-12)27-18(19,20)21/h2-7,9,13H,8,10H2,1H3,(H2,22,23,24)/t13-/m1/s1. The minimum Gasteiger partial charge on any atom is -0.497 e. The van der Waals surface area contributed by atoms with Crippen LogP contribution in [0.5, 0.6) is 17.2 Å². The van der Waals surface area contributed by atoms with Gasteiger partial charge in [0.1, 0.15) is 23.9 Å². The van der Waals surface area contributed by atoms with Gasteiger partial charge in [-0.05, 0) is 54.4 Å². The van der Waals surface area contributed by atoms with E-state index in [0.29, 0.717) is 24.5 Å². The Morgan fingerprint density at radius 3 is 2.52 bits per heavy atom. The van der Waals surface area contributed by atoms with E-state index in [-0.39, 0.29) is 11.8 Å². The van der Waals surface area contributed by atoms with E-state index in [2.05, 4.69) is 15.4 Å². The minimum atomic E-state index is -4.76. The lowest BCUT2D eigenvalue weighted by Gasteiger charge is -2.26. The van der Waals surface area contributed by atoms with E-state index in [0.717, 1.165) is 23.4 Å². The second-order valence-electron chi connectivity index (χ2n) is 5.86. The van der Waals surface area contributed by atoms with Crippen molar-refractivity contribution >= 4 is 11.7 Å². The lowest BCUT2D eigenvalue weighted by atomic mass is 10.0. The molecule has 0 fully saturated rings. The zero-order valence-electron chi connectivity index (χ0n) is 14.3. The maximum absolute atomic E-state index is 12.1. The van der Waals surface area contributed by atoms with Gasteiger partial charge in [-0.1, -0.05) is 0 Å². The number of halogens is 3. The van der Waals surface area contributed by atoms with Crippen molar-refractivity contribution in [2.75, 3.05) is 19.0 Å². The molecule has 0 spiro atoms. The van der Waals surface area contributed by atoms with Gasteiger partial charge in [-0.25, -0.2) is 4.79 Å². The van der Waals surface area contributed by atoms with Crippen LogP contribution in [0.4, 0.5) is 23.7 Å². The van der Waals surface area contributed by atoms with Crippen molar-refractivity contribution < 1.29 is 32.2 Å². The van der Waals surface area contributed by atoms with E-state index in [1.54, 1.807) is 13.2 Å². The zero-order chi connectivity index (χ0) is 19.4. The molecule has 0 aliphatic carbocycles. The number of hydrogen-bond donors (Lipinski definition) is 2. The summed E-state index contributed by atoms with van der Waals surface area (Å²) in [6.45, 7) is 0.311. The van der Waals surface area contributed by atoms with Crippen LogP contribution in [0.25, 0.3) is 0 Å². The monoisotopic (exact) mass is 382 g/mol. The number of methoxy groups -OCH3 is 1. The summed E-state index contributed by atoms with van der Waals surface area (Å²) in [5, 5.41) is 5.33. The van der Waals surface area contributed by atoms with Gasteiger partial charge in [-0.15, -0.1) is 13.2 Å². The second-order valence-corrected chi connectivity index (χ2v) is 5.86. The number of amides is 2. The molecule has 2 aromatic rings. The Bertz CT molecular complexity index is 809. The number of carbonyl (C=O) groups excluding carboxylic acids is 1. The van der Waals surface area contributed by atoms with Crippen molar-refractivity contribution in [2.24, 2.45) is 0 Å². The number of hydrogen-bond acceptors (Lipinski definition) is 4. The van der Waals surface area contributed by atoms with Gasteiger partial charge in [0.15, 0.2) is 0 Å². The van der Waals surface area contributed by atoms with Crippen molar-refractivity contribution in [3.05, 3.63) is 48.0 Å². The number of alkyl halides is 3. The number of fused-ring (bicyclic) bond motifs is 1. The van der Waals surface area contributed by atoms with Crippen LogP contribution in [0.3, 0.4) is 0 Å². The fourth-order valence-corrected chi connectivity index (χ4v) is 2.68. The molecule has 0 bridgehead atoms. The molecule has 27 heavy (non-hydrogen) atoms. The highest BCUT2D eigenvalue weighted by atomic mass is 19.4. The first-order chi connectivity index (χ1) is 12.8. The van der Waals surface area contributed by atoms with E-state index < -0.39 is 12.4 Å². The summed E-state index contributed by atoms with van der Waals surface area (Å²) < 4.78 is 51.0. The molecule has 0 saturated heterocycles. The van der Waals surface area contributed by atoms with E-state index >= 15 is 0 Å². The molecule has 0 radical (unpaired) electrons. The molecule has 0 saturated carbocycles. The van der Waals surface area contributed by atoms with Gasteiger partial charge < -0.3 is 24.8 Å². The van der Waals surface area contributed by atoms with Crippen LogP contribution in [-0.2, 0) is 6.42 Å². The van der Waals surface area contributed by atoms with E-state index in [1.807, 2.05) is 12.1 Å². The number of carbonyl (C=O) groups is 1. The van der Waals surface area contributed by atoms with Crippen LogP contribution in [-0.4, -0.2) is 32.2 Å². The smallest absolute Gasteiger partial charge is 0.497 e. The Labute approximate surface area is 153 Å². The number of ether oxygens (including phenoxy) is 3. The molecule has 0 aromatic heterocycles. The normalized spacial score (nSPS) is 15.9. The molecule has 2 aromatic carbocycles. The summed E-state index contributed by atoms with van der Waals surface area (Å²) in [4.78, 5) is 12.1. The van der Waals surface area contributed by atoms with Crippen molar-refractivity contribution in [1.29, 1.82) is 0 Å². The highest BCUT2D eigenvalue weighted by Gasteiger charge is 2.31. The Hall–Kier alpha value is -3.10. The first-order valence-electron chi connectivity index (χ1n) is 8.05. The van der Waals surface area contributed by atoms with Gasteiger partial charge in [-0.3, -0.25) is 0 Å². The number of benzene rings is 2. The van der Waals surface area contributed by atoms with E-state index in [4.69, 9.17) is 9.47 Å². The summed E-state index contributed by atoms with van der Waals surface area (Å²) in [6.07, 6.45) is -4.19. The molecule has 0 unspecified atom stereocenters. The summed E-state index contributed by atoms with van der Waals surface area (Å²) in [6, 6.07) is 9.60. The van der Waals surface area contributed by atoms with Crippen molar-refractivity contribution in [3.8, 4) is 17.2 Å². The Balaban J connectivity index is 1.55. The fraction of sp³-hybridized carbons (Fsp3) is 0.278. The quantitative estimate of drug-likeness (QED) is 0.846. The van der Waals surface area contributed by atoms with Gasteiger partial charge in [0.05, 0.1) is 13.2 Å². The number of nitrogens with one attached hydrogen (secondary N) is 2. The molecule has 2 N–H and O–H groups in total. The molecular weight excluding hydrogens is 365 g/mol. The van der Waals surface area contributed by atoms with Crippen molar-refractivity contribution in [2.45, 2.75) is 18.8 Å². The van der Waals surface area contributed by atoms with Gasteiger partial charge >= 0.3 is 12.4 Å². The summed E-state index contributed by atoms with van der Waals surface area (Å²) >= 11 is 0. The van der Waals surface area contributed by atoms with Crippen LogP contribution < -0.4 is 24.8 Å². The topological polar surface area (TPSA) is 68.8 Å². The second kappa shape index (κ2) is 7.65. The Morgan fingerprint density at radius 2 is 1.85 bits per heavy atom. The lowest BCUT2D eigenvalue weighted by molar-refractivity contribution is -0.274. The molecule has 9 heteroatoms. The summed E-state index contributed by atoms with van der Waals surface area (Å²) in [5.74, 6) is 1.08. The van der Waals surface area contributed by atoms with Gasteiger partial charge in [0, 0.05) is 5.69 Å². The van der Waals surface area contributed by atoms with Crippen LogP contribution in [0, 0.1) is 0 Å². The minimum absolute atomic E-state index is 0.252. The van der Waals surface area contributed by atoms with Gasteiger partial charge in [0.2, 0.25) is 0 Å². The van der Waals surface area contributed by atoms with Gasteiger partial charge in [0.25, 0.3) is 0 Å². The highest BCUT2D eigenvalue weighted by molar-refractivity contribution is 5.89. The summed E-state index contributed by atoms with van der Waals surface area (Å²) in [7, 11) is 1.57. The predicted molar refractivity (Wildman–Crippen MR) is 91.3 cm³/mol. The molecule has 1 aliphatic heterocycles. The molecule has 1 aliphatic rings. The molecule has 1 atom stereocenters. The van der Waals surface area contributed by atoms with Crippen LogP contribution in [0.15, 0.2) is 42.5 Å². The zero-order valence-corrected chi connectivity index (χ0v) is 14.3. The maximum Gasteiger partial charge on any atom is 0.573 e.